The molecule has 0 saturated heterocycles. The van der Waals surface area contributed by atoms with Gasteiger partial charge in [0, 0.05) is 5.02 Å². The molecule has 0 aliphatic heterocycles. The lowest BCUT2D eigenvalue weighted by Crippen LogP contribution is -2.25. The lowest BCUT2D eigenvalue weighted by molar-refractivity contribution is -0.120. The van der Waals surface area contributed by atoms with E-state index >= 15 is 0 Å². The summed E-state index contributed by atoms with van der Waals surface area (Å²) >= 11 is 12.1. The standard InChI is InChI=1S/C12H13Cl2N3O/c1-6(13)12-16-9-4-3-8(14)5-10(9)17(12)7(2)11(15)18/h3-7H,1-2H3,(H2,15,18). The number of benzene rings is 1. The molecule has 1 heterocycles. The Labute approximate surface area is 115 Å². The highest BCUT2D eigenvalue weighted by Crippen LogP contribution is 2.29. The van der Waals surface area contributed by atoms with Gasteiger partial charge in [0.1, 0.15) is 11.9 Å². The molecule has 18 heavy (non-hydrogen) atoms. The third-order valence-electron chi connectivity index (χ3n) is 2.83. The Hall–Kier alpha value is -1.26. The number of nitrogens with zero attached hydrogens (tertiary/aromatic N) is 2. The lowest BCUT2D eigenvalue weighted by Gasteiger charge is -2.15. The number of aromatic nitrogens is 2. The number of carbonyl (C=O) groups excluding carboxylic acids is 1. The molecule has 1 amide bonds. The molecule has 2 unspecified atom stereocenters. The van der Waals surface area contributed by atoms with Gasteiger partial charge in [0.05, 0.1) is 16.4 Å². The van der Waals surface area contributed by atoms with Crippen molar-refractivity contribution in [1.82, 2.24) is 9.55 Å². The van der Waals surface area contributed by atoms with Crippen molar-refractivity contribution in [3.63, 3.8) is 0 Å². The molecule has 0 saturated carbocycles. The first-order valence-electron chi connectivity index (χ1n) is 5.52. The van der Waals surface area contributed by atoms with Crippen LogP contribution in [0.25, 0.3) is 11.0 Å². The van der Waals surface area contributed by atoms with Crippen LogP contribution in [-0.4, -0.2) is 15.5 Å². The van der Waals surface area contributed by atoms with Gasteiger partial charge in [-0.3, -0.25) is 4.79 Å². The van der Waals surface area contributed by atoms with Gasteiger partial charge in [0.15, 0.2) is 0 Å². The van der Waals surface area contributed by atoms with Gasteiger partial charge in [0.2, 0.25) is 5.91 Å². The van der Waals surface area contributed by atoms with E-state index < -0.39 is 11.9 Å². The fraction of sp³-hybridized carbons (Fsp3) is 0.333. The molecule has 0 fully saturated rings. The third-order valence-corrected chi connectivity index (χ3v) is 3.26. The molecule has 2 aromatic rings. The molecule has 0 spiro atoms. The topological polar surface area (TPSA) is 60.9 Å². The summed E-state index contributed by atoms with van der Waals surface area (Å²) in [5, 5.41) is 0.257. The van der Waals surface area contributed by atoms with Gasteiger partial charge in [-0.1, -0.05) is 11.6 Å². The predicted octanol–water partition coefficient (Wildman–Crippen LogP) is 3.04. The molecule has 2 rings (SSSR count). The minimum atomic E-state index is -0.523. The number of imidazole rings is 1. The van der Waals surface area contributed by atoms with Crippen LogP contribution in [-0.2, 0) is 4.79 Å². The van der Waals surface area contributed by atoms with E-state index in [-0.39, 0.29) is 5.38 Å². The molecule has 0 aliphatic rings. The number of primary amides is 1. The minimum absolute atomic E-state index is 0.321. The largest absolute Gasteiger partial charge is 0.368 e. The van der Waals surface area contributed by atoms with Crippen molar-refractivity contribution in [2.75, 3.05) is 0 Å². The summed E-state index contributed by atoms with van der Waals surface area (Å²) in [6.45, 7) is 3.52. The van der Waals surface area contributed by atoms with E-state index in [0.717, 1.165) is 11.0 Å². The van der Waals surface area contributed by atoms with E-state index in [1.165, 1.54) is 0 Å². The minimum Gasteiger partial charge on any atom is -0.368 e. The Bertz CT molecular complexity index is 607. The fourth-order valence-electron chi connectivity index (χ4n) is 1.90. The van der Waals surface area contributed by atoms with Gasteiger partial charge in [-0.05, 0) is 32.0 Å². The summed E-state index contributed by atoms with van der Waals surface area (Å²) in [7, 11) is 0. The lowest BCUT2D eigenvalue weighted by atomic mass is 10.2. The zero-order valence-corrected chi connectivity index (χ0v) is 11.5. The first-order valence-corrected chi connectivity index (χ1v) is 6.34. The number of amides is 1. The normalized spacial score (nSPS) is 14.7. The summed E-state index contributed by atoms with van der Waals surface area (Å²) < 4.78 is 1.74. The van der Waals surface area contributed by atoms with Gasteiger partial charge < -0.3 is 10.3 Å². The molecule has 96 valence electrons. The van der Waals surface area contributed by atoms with E-state index in [9.17, 15) is 4.79 Å². The summed E-state index contributed by atoms with van der Waals surface area (Å²) in [4.78, 5) is 15.8. The number of hydrogen-bond donors (Lipinski definition) is 1. The smallest absolute Gasteiger partial charge is 0.240 e. The molecule has 6 heteroatoms. The zero-order valence-electron chi connectivity index (χ0n) is 10.0. The molecule has 0 radical (unpaired) electrons. The SMILES string of the molecule is CC(Cl)c1nc2ccc(Cl)cc2n1C(C)C(N)=O. The number of fused-ring (bicyclic) bond motifs is 1. The zero-order chi connectivity index (χ0) is 13.4. The van der Waals surface area contributed by atoms with E-state index in [2.05, 4.69) is 4.98 Å². The maximum atomic E-state index is 11.4. The summed E-state index contributed by atoms with van der Waals surface area (Å²) in [5.41, 5.74) is 6.87. The van der Waals surface area contributed by atoms with Crippen LogP contribution in [0.3, 0.4) is 0 Å². The number of rotatable bonds is 3. The van der Waals surface area contributed by atoms with Crippen LogP contribution in [0.2, 0.25) is 5.02 Å². The molecular weight excluding hydrogens is 273 g/mol. The van der Waals surface area contributed by atoms with Crippen LogP contribution >= 0.6 is 23.2 Å². The van der Waals surface area contributed by atoms with Crippen molar-refractivity contribution < 1.29 is 4.79 Å². The molecule has 4 nitrogen and oxygen atoms in total. The van der Waals surface area contributed by atoms with Gasteiger partial charge in [-0.15, -0.1) is 11.6 Å². The highest BCUT2D eigenvalue weighted by atomic mass is 35.5. The van der Waals surface area contributed by atoms with Crippen molar-refractivity contribution in [3.05, 3.63) is 29.0 Å². The van der Waals surface area contributed by atoms with Crippen LogP contribution in [0.4, 0.5) is 0 Å². The second-order valence-corrected chi connectivity index (χ2v) is 5.26. The predicted molar refractivity (Wildman–Crippen MR) is 72.9 cm³/mol. The number of hydrogen-bond acceptors (Lipinski definition) is 2. The maximum absolute atomic E-state index is 11.4. The van der Waals surface area contributed by atoms with Crippen molar-refractivity contribution in [2.45, 2.75) is 25.3 Å². The van der Waals surface area contributed by atoms with E-state index in [1.807, 2.05) is 0 Å². The molecule has 0 bridgehead atoms. The highest BCUT2D eigenvalue weighted by Gasteiger charge is 2.22. The van der Waals surface area contributed by atoms with Gasteiger partial charge in [-0.2, -0.15) is 0 Å². The number of carbonyl (C=O) groups is 1. The Morgan fingerprint density at radius 2 is 2.11 bits per heavy atom. The highest BCUT2D eigenvalue weighted by molar-refractivity contribution is 6.31. The molecular formula is C12H13Cl2N3O. The third kappa shape index (κ3) is 2.18. The van der Waals surface area contributed by atoms with Crippen molar-refractivity contribution in [2.24, 2.45) is 5.73 Å². The van der Waals surface area contributed by atoms with Gasteiger partial charge >= 0.3 is 0 Å². The van der Waals surface area contributed by atoms with Crippen LogP contribution < -0.4 is 5.73 Å². The van der Waals surface area contributed by atoms with Crippen molar-refractivity contribution in [3.8, 4) is 0 Å². The average Bonchev–Trinajstić information content (AvgIpc) is 2.66. The average molecular weight is 286 g/mol. The first kappa shape index (κ1) is 13.2. The van der Waals surface area contributed by atoms with Crippen LogP contribution in [0.5, 0.6) is 0 Å². The fourth-order valence-corrected chi connectivity index (χ4v) is 2.22. The quantitative estimate of drug-likeness (QED) is 0.881. The summed E-state index contributed by atoms with van der Waals surface area (Å²) in [5.74, 6) is 0.174. The molecule has 1 aromatic heterocycles. The van der Waals surface area contributed by atoms with E-state index in [0.29, 0.717) is 10.8 Å². The Morgan fingerprint density at radius 3 is 2.67 bits per heavy atom. The Morgan fingerprint density at radius 1 is 1.44 bits per heavy atom. The van der Waals surface area contributed by atoms with E-state index in [4.69, 9.17) is 28.9 Å². The monoisotopic (exact) mass is 285 g/mol. The van der Waals surface area contributed by atoms with Crippen molar-refractivity contribution in [1.29, 1.82) is 0 Å². The summed E-state index contributed by atoms with van der Waals surface area (Å²) in [6.07, 6.45) is 0. The van der Waals surface area contributed by atoms with Crippen LogP contribution in [0.1, 0.15) is 31.1 Å². The summed E-state index contributed by atoms with van der Waals surface area (Å²) in [6, 6.07) is 4.78. The molecule has 2 N–H and O–H groups in total. The second-order valence-electron chi connectivity index (χ2n) is 4.17. The molecule has 1 aromatic carbocycles. The van der Waals surface area contributed by atoms with Crippen LogP contribution in [0.15, 0.2) is 18.2 Å². The Balaban J connectivity index is 2.76. The maximum Gasteiger partial charge on any atom is 0.240 e. The molecule has 2 atom stereocenters. The Kier molecular flexibility index (Phi) is 3.50. The number of halogens is 2. The first-order chi connectivity index (χ1) is 8.41. The van der Waals surface area contributed by atoms with Gasteiger partial charge in [0.25, 0.3) is 0 Å². The second kappa shape index (κ2) is 4.78. The number of nitrogens with two attached hydrogens (primary N) is 1. The number of alkyl halides is 1. The van der Waals surface area contributed by atoms with Gasteiger partial charge in [-0.25, -0.2) is 4.98 Å². The van der Waals surface area contributed by atoms with E-state index in [1.54, 1.807) is 36.6 Å². The van der Waals surface area contributed by atoms with Crippen LogP contribution in [0, 0.1) is 0 Å². The van der Waals surface area contributed by atoms with Crippen molar-refractivity contribution >= 4 is 40.1 Å². The molecule has 0 aliphatic carbocycles.